The Morgan fingerprint density at radius 1 is 1.22 bits per heavy atom. The summed E-state index contributed by atoms with van der Waals surface area (Å²) >= 11 is 7.51. The molecule has 2 N–H and O–H groups in total. The molecule has 0 aliphatic rings. The maximum Gasteiger partial charge on any atom is 0.250 e. The number of alkyl halides is 1. The molecule has 0 fully saturated rings. The van der Waals surface area contributed by atoms with Crippen LogP contribution < -0.4 is 4.72 Å². The molecule has 1 heterocycles. The fraction of sp³-hybridized carbons (Fsp3) is 0.800. The van der Waals surface area contributed by atoms with Crippen LogP contribution in [-0.2, 0) is 10.0 Å². The first-order chi connectivity index (χ1) is 12.7. The second-order valence-electron chi connectivity index (χ2n) is 7.52. The molecule has 4 atom stereocenters. The maximum atomic E-state index is 12.9. The largest absolute Gasteiger partial charge is 0.388 e. The predicted molar refractivity (Wildman–Crippen MR) is 116 cm³/mol. The van der Waals surface area contributed by atoms with Crippen LogP contribution in [0.5, 0.6) is 0 Å². The molecule has 0 amide bonds. The number of rotatable bonds is 14. The third-order valence-electron chi connectivity index (χ3n) is 5.38. The smallest absolute Gasteiger partial charge is 0.250 e. The van der Waals surface area contributed by atoms with E-state index in [0.29, 0.717) is 19.3 Å². The Balaban J connectivity index is 3.13. The highest BCUT2D eigenvalue weighted by molar-refractivity contribution is 7.91. The molecule has 0 spiro atoms. The van der Waals surface area contributed by atoms with E-state index < -0.39 is 21.7 Å². The number of nitrogens with one attached hydrogen (secondary N) is 1. The standard InChI is InChI=1S/C20H36ClNO3S2/c1-5-8-9-13-20(23,14-12-17(21)7-3)19(16(4)6-2)22-27(24,25)18-11-10-15-26-18/h10-11,15-17,19,22-23H,5-9,12-14H2,1-4H3/t16-,17?,19-,20?/m0/s1. The van der Waals surface area contributed by atoms with E-state index in [2.05, 4.69) is 11.6 Å². The summed E-state index contributed by atoms with van der Waals surface area (Å²) in [6, 6.07) is 2.79. The van der Waals surface area contributed by atoms with Gasteiger partial charge in [-0.2, -0.15) is 0 Å². The van der Waals surface area contributed by atoms with Gasteiger partial charge in [0.25, 0.3) is 0 Å². The van der Waals surface area contributed by atoms with Gasteiger partial charge in [0.05, 0.1) is 11.6 Å². The molecule has 1 aromatic rings. The van der Waals surface area contributed by atoms with Gasteiger partial charge in [-0.25, -0.2) is 13.1 Å². The summed E-state index contributed by atoms with van der Waals surface area (Å²) in [5.41, 5.74) is -1.10. The van der Waals surface area contributed by atoms with E-state index in [1.807, 2.05) is 20.8 Å². The first-order valence-electron chi connectivity index (χ1n) is 10.1. The summed E-state index contributed by atoms with van der Waals surface area (Å²) in [6.07, 6.45) is 6.32. The number of unbranched alkanes of at least 4 members (excludes halogenated alkanes) is 2. The van der Waals surface area contributed by atoms with Crippen molar-refractivity contribution in [1.29, 1.82) is 0 Å². The van der Waals surface area contributed by atoms with Gasteiger partial charge in [0.15, 0.2) is 0 Å². The van der Waals surface area contributed by atoms with E-state index in [1.165, 1.54) is 11.3 Å². The van der Waals surface area contributed by atoms with Crippen LogP contribution in [0, 0.1) is 5.92 Å². The van der Waals surface area contributed by atoms with Crippen LogP contribution in [0.25, 0.3) is 0 Å². The average molecular weight is 438 g/mol. The van der Waals surface area contributed by atoms with E-state index in [-0.39, 0.29) is 15.5 Å². The van der Waals surface area contributed by atoms with Crippen molar-refractivity contribution < 1.29 is 13.5 Å². The van der Waals surface area contributed by atoms with Crippen LogP contribution in [-0.4, -0.2) is 30.5 Å². The van der Waals surface area contributed by atoms with Crippen molar-refractivity contribution in [2.24, 2.45) is 5.92 Å². The molecule has 4 nitrogen and oxygen atoms in total. The van der Waals surface area contributed by atoms with Crippen molar-refractivity contribution in [2.75, 3.05) is 0 Å². The van der Waals surface area contributed by atoms with Crippen LogP contribution in [0.15, 0.2) is 21.7 Å². The van der Waals surface area contributed by atoms with Gasteiger partial charge >= 0.3 is 0 Å². The Bertz CT molecular complexity index is 621. The molecular formula is C20H36ClNO3S2. The van der Waals surface area contributed by atoms with Crippen molar-refractivity contribution >= 4 is 33.0 Å². The Kier molecular flexibility index (Phi) is 10.8. The minimum absolute atomic E-state index is 0.00538. The van der Waals surface area contributed by atoms with Gasteiger partial charge in [-0.05, 0) is 43.0 Å². The maximum absolute atomic E-state index is 12.9. The van der Waals surface area contributed by atoms with E-state index in [0.717, 1.165) is 32.1 Å². The molecule has 0 aromatic carbocycles. The molecule has 0 saturated heterocycles. The van der Waals surface area contributed by atoms with Crippen molar-refractivity contribution in [3.05, 3.63) is 17.5 Å². The SMILES string of the molecule is CCCCCC(O)(CCC(Cl)CC)[C@@H](NS(=O)(=O)c1cccs1)[C@@H](C)CC. The topological polar surface area (TPSA) is 66.4 Å². The van der Waals surface area contributed by atoms with Crippen molar-refractivity contribution in [3.8, 4) is 0 Å². The monoisotopic (exact) mass is 437 g/mol. The number of hydrogen-bond acceptors (Lipinski definition) is 4. The fourth-order valence-electron chi connectivity index (χ4n) is 3.36. The van der Waals surface area contributed by atoms with Crippen LogP contribution in [0.1, 0.15) is 79.1 Å². The van der Waals surface area contributed by atoms with E-state index >= 15 is 0 Å². The first-order valence-corrected chi connectivity index (χ1v) is 12.9. The van der Waals surface area contributed by atoms with Crippen LogP contribution >= 0.6 is 22.9 Å². The lowest BCUT2D eigenvalue weighted by Crippen LogP contribution is -2.56. The van der Waals surface area contributed by atoms with Gasteiger partial charge in [-0.1, -0.05) is 59.4 Å². The second kappa shape index (κ2) is 11.8. The molecule has 1 aromatic heterocycles. The minimum atomic E-state index is -3.65. The Morgan fingerprint density at radius 3 is 2.44 bits per heavy atom. The van der Waals surface area contributed by atoms with Gasteiger partial charge in [0.2, 0.25) is 10.0 Å². The predicted octanol–water partition coefficient (Wildman–Crippen LogP) is 5.55. The van der Waals surface area contributed by atoms with Crippen molar-refractivity contribution in [1.82, 2.24) is 4.72 Å². The Morgan fingerprint density at radius 2 is 1.93 bits per heavy atom. The summed E-state index contributed by atoms with van der Waals surface area (Å²) in [4.78, 5) is 0. The zero-order chi connectivity index (χ0) is 20.5. The molecule has 7 heteroatoms. The quantitative estimate of drug-likeness (QED) is 0.296. The lowest BCUT2D eigenvalue weighted by atomic mass is 9.78. The van der Waals surface area contributed by atoms with Crippen LogP contribution in [0.2, 0.25) is 0 Å². The number of thiophene rings is 1. The summed E-state index contributed by atoms with van der Waals surface area (Å²) in [5.74, 6) is 0.0155. The van der Waals surface area contributed by atoms with E-state index in [1.54, 1.807) is 17.5 Å². The van der Waals surface area contributed by atoms with Gasteiger partial charge in [0.1, 0.15) is 4.21 Å². The summed E-state index contributed by atoms with van der Waals surface area (Å²) in [6.45, 7) is 8.18. The van der Waals surface area contributed by atoms with E-state index in [9.17, 15) is 13.5 Å². The summed E-state index contributed by atoms with van der Waals surface area (Å²) in [5, 5.41) is 13.4. The molecule has 1 rings (SSSR count). The van der Waals surface area contributed by atoms with Crippen molar-refractivity contribution in [2.45, 2.75) is 100 Å². The molecule has 2 unspecified atom stereocenters. The summed E-state index contributed by atoms with van der Waals surface area (Å²) in [7, 11) is -3.65. The van der Waals surface area contributed by atoms with Crippen LogP contribution in [0.3, 0.4) is 0 Å². The third-order valence-corrected chi connectivity index (χ3v) is 8.75. The molecule has 0 aliphatic carbocycles. The van der Waals surface area contributed by atoms with Crippen molar-refractivity contribution in [3.63, 3.8) is 0 Å². The second-order valence-corrected chi connectivity index (χ2v) is 11.0. The lowest BCUT2D eigenvalue weighted by Gasteiger charge is -2.40. The molecular weight excluding hydrogens is 402 g/mol. The number of halogens is 1. The number of sulfonamides is 1. The minimum Gasteiger partial charge on any atom is -0.388 e. The highest BCUT2D eigenvalue weighted by atomic mass is 35.5. The Hall–Kier alpha value is -0.140. The van der Waals surface area contributed by atoms with Gasteiger partial charge < -0.3 is 5.11 Å². The zero-order valence-corrected chi connectivity index (χ0v) is 19.5. The molecule has 0 bridgehead atoms. The lowest BCUT2D eigenvalue weighted by molar-refractivity contribution is -0.0277. The molecule has 0 aliphatic heterocycles. The molecule has 0 radical (unpaired) electrons. The Labute approximate surface area is 174 Å². The van der Waals surface area contributed by atoms with Gasteiger partial charge in [-0.3, -0.25) is 0 Å². The molecule has 0 saturated carbocycles. The zero-order valence-electron chi connectivity index (χ0n) is 17.1. The van der Waals surface area contributed by atoms with Gasteiger partial charge in [0, 0.05) is 5.38 Å². The normalized spacial score (nSPS) is 18.0. The number of hydrogen-bond donors (Lipinski definition) is 2. The average Bonchev–Trinajstić information content (AvgIpc) is 3.19. The summed E-state index contributed by atoms with van der Waals surface area (Å²) < 4.78 is 28.8. The molecule has 27 heavy (non-hydrogen) atoms. The highest BCUT2D eigenvalue weighted by Gasteiger charge is 2.41. The third kappa shape index (κ3) is 7.65. The fourth-order valence-corrected chi connectivity index (χ4v) is 5.90. The highest BCUT2D eigenvalue weighted by Crippen LogP contribution is 2.33. The van der Waals surface area contributed by atoms with Crippen LogP contribution in [0.4, 0.5) is 0 Å². The first kappa shape index (κ1) is 24.9. The van der Waals surface area contributed by atoms with Gasteiger partial charge in [-0.15, -0.1) is 22.9 Å². The van der Waals surface area contributed by atoms with E-state index in [4.69, 9.17) is 11.6 Å². The number of aliphatic hydroxyl groups is 1. The molecule has 158 valence electrons.